The molecule has 2 aromatic heterocycles. The lowest BCUT2D eigenvalue weighted by Crippen LogP contribution is -2.54. The van der Waals surface area contributed by atoms with Gasteiger partial charge in [0.25, 0.3) is 5.91 Å². The van der Waals surface area contributed by atoms with Crippen molar-refractivity contribution >= 4 is 11.8 Å². The fourth-order valence-electron chi connectivity index (χ4n) is 4.60. The Balaban J connectivity index is 1.38. The molecule has 0 radical (unpaired) electrons. The van der Waals surface area contributed by atoms with Gasteiger partial charge in [0.1, 0.15) is 0 Å². The lowest BCUT2D eigenvalue weighted by Gasteiger charge is -2.40. The SMILES string of the molecule is O=C(CNC(=O)c1cccc(C(F)(F)F)c1)N[C@H]1CCCC[C@H]1N(Cc1ccoc1)Cc1ccoc1. The van der Waals surface area contributed by atoms with Gasteiger partial charge in [0.2, 0.25) is 5.91 Å². The third-order valence-corrected chi connectivity index (χ3v) is 6.34. The van der Waals surface area contributed by atoms with Gasteiger partial charge in [-0.05, 0) is 43.2 Å². The molecule has 0 unspecified atom stereocenters. The highest BCUT2D eigenvalue weighted by Gasteiger charge is 2.32. The number of hydrogen-bond acceptors (Lipinski definition) is 5. The molecule has 0 aliphatic heterocycles. The molecule has 0 bridgehead atoms. The smallest absolute Gasteiger partial charge is 0.416 e. The molecule has 1 saturated carbocycles. The monoisotopic (exact) mass is 503 g/mol. The molecule has 1 fully saturated rings. The molecule has 2 atom stereocenters. The van der Waals surface area contributed by atoms with Crippen molar-refractivity contribution in [2.24, 2.45) is 0 Å². The summed E-state index contributed by atoms with van der Waals surface area (Å²) in [6, 6.07) is 7.83. The number of alkyl halides is 3. The van der Waals surface area contributed by atoms with Crippen LogP contribution in [0.5, 0.6) is 0 Å². The van der Waals surface area contributed by atoms with Crippen LogP contribution in [0.4, 0.5) is 13.2 Å². The molecule has 2 amide bonds. The molecular weight excluding hydrogens is 475 g/mol. The summed E-state index contributed by atoms with van der Waals surface area (Å²) < 4.78 is 49.3. The van der Waals surface area contributed by atoms with E-state index in [4.69, 9.17) is 8.83 Å². The number of carbonyl (C=O) groups is 2. The molecule has 1 aliphatic rings. The number of furan rings is 2. The Morgan fingerprint density at radius 3 is 2.25 bits per heavy atom. The van der Waals surface area contributed by atoms with Gasteiger partial charge in [-0.2, -0.15) is 13.2 Å². The van der Waals surface area contributed by atoms with Crippen LogP contribution in [0.25, 0.3) is 0 Å². The van der Waals surface area contributed by atoms with Crippen molar-refractivity contribution < 1.29 is 31.6 Å². The molecule has 1 aliphatic carbocycles. The molecule has 3 aromatic rings. The molecule has 2 heterocycles. The maximum absolute atomic E-state index is 12.9. The van der Waals surface area contributed by atoms with Crippen molar-refractivity contribution in [2.45, 2.75) is 57.0 Å². The lowest BCUT2D eigenvalue weighted by atomic mass is 9.88. The summed E-state index contributed by atoms with van der Waals surface area (Å²) in [5.74, 6) is -1.13. The number of rotatable bonds is 9. The van der Waals surface area contributed by atoms with E-state index < -0.39 is 23.6 Å². The number of amides is 2. The number of halogens is 3. The molecule has 36 heavy (non-hydrogen) atoms. The summed E-state index contributed by atoms with van der Waals surface area (Å²) >= 11 is 0. The van der Waals surface area contributed by atoms with Gasteiger partial charge in [-0.3, -0.25) is 14.5 Å². The zero-order chi connectivity index (χ0) is 25.5. The predicted molar refractivity (Wildman–Crippen MR) is 125 cm³/mol. The van der Waals surface area contributed by atoms with Gasteiger partial charge in [-0.15, -0.1) is 0 Å². The summed E-state index contributed by atoms with van der Waals surface area (Å²) in [6.07, 6.45) is 5.74. The molecule has 2 N–H and O–H groups in total. The first-order valence-electron chi connectivity index (χ1n) is 11.8. The lowest BCUT2D eigenvalue weighted by molar-refractivity contribution is -0.137. The standard InChI is InChI=1S/C26H28F3N3O4/c27-26(28,29)21-5-3-4-20(12-21)25(34)30-13-24(33)31-22-6-1-2-7-23(22)32(14-18-8-10-35-16-18)15-19-9-11-36-17-19/h3-5,8-12,16-17,22-23H,1-2,6-7,13-15H2,(H,30,34)(H,31,33)/t22-,23+/m0/s1. The summed E-state index contributed by atoms with van der Waals surface area (Å²) in [5, 5.41) is 5.46. The summed E-state index contributed by atoms with van der Waals surface area (Å²) in [5.41, 5.74) is 0.963. The Bertz CT molecular complexity index is 1090. The topological polar surface area (TPSA) is 87.7 Å². The van der Waals surface area contributed by atoms with Crippen molar-refractivity contribution in [3.8, 4) is 0 Å². The van der Waals surface area contributed by atoms with E-state index in [0.717, 1.165) is 48.9 Å². The van der Waals surface area contributed by atoms with Gasteiger partial charge in [-0.25, -0.2) is 0 Å². The van der Waals surface area contributed by atoms with Crippen LogP contribution in [0.1, 0.15) is 52.7 Å². The molecule has 192 valence electrons. The molecule has 0 saturated heterocycles. The van der Waals surface area contributed by atoms with Crippen LogP contribution in [0.2, 0.25) is 0 Å². The first-order chi connectivity index (χ1) is 17.3. The third-order valence-electron chi connectivity index (χ3n) is 6.34. The fraction of sp³-hybridized carbons (Fsp3) is 0.385. The molecule has 0 spiro atoms. The number of hydrogen-bond donors (Lipinski definition) is 2. The highest BCUT2D eigenvalue weighted by molar-refractivity contribution is 5.96. The van der Waals surface area contributed by atoms with Gasteiger partial charge in [0.05, 0.1) is 37.2 Å². The van der Waals surface area contributed by atoms with E-state index in [-0.39, 0.29) is 24.2 Å². The van der Waals surface area contributed by atoms with Crippen molar-refractivity contribution in [1.29, 1.82) is 0 Å². The van der Waals surface area contributed by atoms with Crippen LogP contribution in [-0.4, -0.2) is 35.3 Å². The van der Waals surface area contributed by atoms with E-state index in [1.807, 2.05) is 12.1 Å². The van der Waals surface area contributed by atoms with E-state index >= 15 is 0 Å². The molecule has 4 rings (SSSR count). The normalized spacial score (nSPS) is 18.2. The highest BCUT2D eigenvalue weighted by atomic mass is 19.4. The zero-order valence-corrected chi connectivity index (χ0v) is 19.6. The first kappa shape index (κ1) is 25.6. The van der Waals surface area contributed by atoms with Crippen molar-refractivity contribution in [1.82, 2.24) is 15.5 Å². The predicted octanol–water partition coefficient (Wildman–Crippen LogP) is 4.75. The highest BCUT2D eigenvalue weighted by Crippen LogP contribution is 2.29. The summed E-state index contributed by atoms with van der Waals surface area (Å²) in [6.45, 7) is 0.928. The van der Waals surface area contributed by atoms with Gasteiger partial charge in [-0.1, -0.05) is 18.9 Å². The Morgan fingerprint density at radius 2 is 1.64 bits per heavy atom. The average Bonchev–Trinajstić information content (AvgIpc) is 3.57. The number of carbonyl (C=O) groups excluding carboxylic acids is 2. The second kappa shape index (κ2) is 11.5. The van der Waals surface area contributed by atoms with Crippen LogP contribution in [0.3, 0.4) is 0 Å². The Morgan fingerprint density at radius 1 is 0.972 bits per heavy atom. The summed E-state index contributed by atoms with van der Waals surface area (Å²) in [4.78, 5) is 27.4. The Kier molecular flexibility index (Phi) is 8.14. The Hall–Kier alpha value is -3.53. The second-order valence-corrected chi connectivity index (χ2v) is 8.96. The minimum atomic E-state index is -4.55. The van der Waals surface area contributed by atoms with Gasteiger partial charge in [0.15, 0.2) is 0 Å². The van der Waals surface area contributed by atoms with Crippen LogP contribution >= 0.6 is 0 Å². The molecule has 10 heteroatoms. The van der Waals surface area contributed by atoms with E-state index in [1.165, 1.54) is 12.1 Å². The average molecular weight is 504 g/mol. The fourth-order valence-corrected chi connectivity index (χ4v) is 4.60. The molecule has 7 nitrogen and oxygen atoms in total. The quantitative estimate of drug-likeness (QED) is 0.440. The largest absolute Gasteiger partial charge is 0.472 e. The third kappa shape index (κ3) is 6.78. The second-order valence-electron chi connectivity index (χ2n) is 8.96. The van der Waals surface area contributed by atoms with Crippen molar-refractivity contribution in [2.75, 3.05) is 6.54 Å². The Labute approximate surface area is 206 Å². The van der Waals surface area contributed by atoms with Gasteiger partial charge in [0, 0.05) is 41.9 Å². The maximum atomic E-state index is 12.9. The van der Waals surface area contributed by atoms with Gasteiger partial charge < -0.3 is 19.5 Å². The van der Waals surface area contributed by atoms with E-state index in [1.54, 1.807) is 25.1 Å². The number of nitrogens with zero attached hydrogens (tertiary/aromatic N) is 1. The number of nitrogens with one attached hydrogen (secondary N) is 2. The van der Waals surface area contributed by atoms with Crippen LogP contribution in [0.15, 0.2) is 70.3 Å². The molecular formula is C26H28F3N3O4. The molecule has 1 aromatic carbocycles. The van der Waals surface area contributed by atoms with Crippen molar-refractivity contribution in [3.05, 3.63) is 83.7 Å². The minimum absolute atomic E-state index is 0.0478. The van der Waals surface area contributed by atoms with Crippen LogP contribution in [0, 0.1) is 0 Å². The zero-order valence-electron chi connectivity index (χ0n) is 19.6. The van der Waals surface area contributed by atoms with E-state index in [0.29, 0.717) is 13.1 Å². The van der Waals surface area contributed by atoms with Gasteiger partial charge >= 0.3 is 6.18 Å². The van der Waals surface area contributed by atoms with E-state index in [9.17, 15) is 22.8 Å². The first-order valence-corrected chi connectivity index (χ1v) is 11.8. The van der Waals surface area contributed by atoms with E-state index in [2.05, 4.69) is 15.5 Å². The van der Waals surface area contributed by atoms with Crippen LogP contribution in [-0.2, 0) is 24.1 Å². The van der Waals surface area contributed by atoms with Crippen LogP contribution < -0.4 is 10.6 Å². The minimum Gasteiger partial charge on any atom is -0.472 e. The number of benzene rings is 1. The maximum Gasteiger partial charge on any atom is 0.416 e. The van der Waals surface area contributed by atoms with Crippen molar-refractivity contribution in [3.63, 3.8) is 0 Å². The summed E-state index contributed by atoms with van der Waals surface area (Å²) in [7, 11) is 0.